The van der Waals surface area contributed by atoms with Crippen LogP contribution in [0.15, 0.2) is 17.2 Å². The van der Waals surface area contributed by atoms with Gasteiger partial charge in [-0.25, -0.2) is 13.1 Å². The molecular weight excluding hydrogens is 226 g/mol. The summed E-state index contributed by atoms with van der Waals surface area (Å²) in [5.74, 6) is 0. The van der Waals surface area contributed by atoms with Crippen molar-refractivity contribution in [2.45, 2.75) is 37.8 Å². The third-order valence-corrected chi connectivity index (χ3v) is 3.93. The van der Waals surface area contributed by atoms with Crippen molar-refractivity contribution in [1.29, 1.82) is 0 Å². The summed E-state index contributed by atoms with van der Waals surface area (Å²) in [7, 11) is -1.57. The van der Waals surface area contributed by atoms with Crippen LogP contribution >= 0.6 is 0 Å². The minimum atomic E-state index is -3.38. The monoisotopic (exact) mass is 245 g/mol. The molecule has 3 N–H and O–H groups in total. The van der Waals surface area contributed by atoms with Gasteiger partial charge >= 0.3 is 0 Å². The van der Waals surface area contributed by atoms with Crippen LogP contribution in [0.4, 0.5) is 0 Å². The van der Waals surface area contributed by atoms with Crippen LogP contribution in [0.2, 0.25) is 0 Å². The van der Waals surface area contributed by atoms with Crippen molar-refractivity contribution in [1.82, 2.24) is 15.0 Å². The fraction of sp³-hybridized carbons (Fsp3) is 0.600. The van der Waals surface area contributed by atoms with E-state index in [1.54, 1.807) is 6.07 Å². The van der Waals surface area contributed by atoms with Crippen LogP contribution in [0.25, 0.3) is 0 Å². The van der Waals surface area contributed by atoms with Gasteiger partial charge in [0.15, 0.2) is 0 Å². The Bertz CT molecular complexity index is 425. The average Bonchev–Trinajstić information content (AvgIpc) is 2.67. The molecule has 1 rings (SSSR count). The van der Waals surface area contributed by atoms with E-state index in [0.29, 0.717) is 6.54 Å². The highest BCUT2D eigenvalue weighted by Gasteiger charge is 2.17. The largest absolute Gasteiger partial charge is 0.363 e. The van der Waals surface area contributed by atoms with Gasteiger partial charge in [-0.3, -0.25) is 0 Å². The number of hydrogen-bond donors (Lipinski definition) is 3. The summed E-state index contributed by atoms with van der Waals surface area (Å²) in [5.41, 5.74) is 0.854. The Hall–Kier alpha value is -0.850. The van der Waals surface area contributed by atoms with E-state index in [1.807, 2.05) is 20.9 Å². The SMILES string of the molecule is CCC(C)NS(=O)(=O)c1c[nH]c(CNC)c1. The van der Waals surface area contributed by atoms with Crippen molar-refractivity contribution >= 4 is 10.0 Å². The zero-order valence-electron chi connectivity index (χ0n) is 9.87. The first-order valence-corrected chi connectivity index (χ1v) is 6.82. The normalized spacial score (nSPS) is 13.9. The molecule has 16 heavy (non-hydrogen) atoms. The lowest BCUT2D eigenvalue weighted by atomic mass is 10.3. The molecule has 0 aliphatic rings. The minimum absolute atomic E-state index is 0.0485. The second-order valence-corrected chi connectivity index (χ2v) is 5.54. The highest BCUT2D eigenvalue weighted by molar-refractivity contribution is 7.89. The molecule has 0 spiro atoms. The Kier molecular flexibility index (Phi) is 4.52. The van der Waals surface area contributed by atoms with Crippen molar-refractivity contribution in [3.05, 3.63) is 18.0 Å². The maximum absolute atomic E-state index is 11.9. The molecule has 5 nitrogen and oxygen atoms in total. The van der Waals surface area contributed by atoms with Crippen molar-refractivity contribution in [3.8, 4) is 0 Å². The fourth-order valence-electron chi connectivity index (χ4n) is 1.28. The van der Waals surface area contributed by atoms with Gasteiger partial charge in [0.1, 0.15) is 0 Å². The van der Waals surface area contributed by atoms with E-state index in [2.05, 4.69) is 15.0 Å². The summed E-state index contributed by atoms with van der Waals surface area (Å²) < 4.78 is 26.3. The molecule has 0 amide bonds. The molecule has 1 aromatic rings. The van der Waals surface area contributed by atoms with Crippen LogP contribution in [0.1, 0.15) is 26.0 Å². The lowest BCUT2D eigenvalue weighted by Crippen LogP contribution is -2.31. The first kappa shape index (κ1) is 13.2. The van der Waals surface area contributed by atoms with Crippen molar-refractivity contribution < 1.29 is 8.42 Å². The van der Waals surface area contributed by atoms with E-state index in [0.717, 1.165) is 12.1 Å². The summed E-state index contributed by atoms with van der Waals surface area (Å²) in [5, 5.41) is 2.95. The third kappa shape index (κ3) is 3.33. The maximum atomic E-state index is 11.9. The van der Waals surface area contributed by atoms with E-state index >= 15 is 0 Å². The molecule has 0 fully saturated rings. The second kappa shape index (κ2) is 5.47. The number of rotatable bonds is 6. The number of aromatic amines is 1. The van der Waals surface area contributed by atoms with Gasteiger partial charge in [-0.2, -0.15) is 0 Å². The molecule has 1 aromatic heterocycles. The molecule has 0 aromatic carbocycles. The smallest absolute Gasteiger partial charge is 0.242 e. The molecule has 1 unspecified atom stereocenters. The highest BCUT2D eigenvalue weighted by atomic mass is 32.2. The van der Waals surface area contributed by atoms with Gasteiger partial charge in [0, 0.05) is 24.5 Å². The van der Waals surface area contributed by atoms with E-state index in [-0.39, 0.29) is 10.9 Å². The summed E-state index contributed by atoms with van der Waals surface area (Å²) >= 11 is 0. The van der Waals surface area contributed by atoms with E-state index < -0.39 is 10.0 Å². The zero-order chi connectivity index (χ0) is 12.2. The van der Waals surface area contributed by atoms with E-state index in [4.69, 9.17) is 0 Å². The highest BCUT2D eigenvalue weighted by Crippen LogP contribution is 2.11. The van der Waals surface area contributed by atoms with Gasteiger partial charge in [-0.1, -0.05) is 6.92 Å². The zero-order valence-corrected chi connectivity index (χ0v) is 10.7. The number of aromatic nitrogens is 1. The molecular formula is C10H19N3O2S. The Balaban J connectivity index is 2.81. The molecule has 0 saturated heterocycles. The summed E-state index contributed by atoms with van der Waals surface area (Å²) in [6.45, 7) is 4.41. The van der Waals surface area contributed by atoms with Crippen LogP contribution in [0.3, 0.4) is 0 Å². The average molecular weight is 245 g/mol. The maximum Gasteiger partial charge on any atom is 0.242 e. The lowest BCUT2D eigenvalue weighted by Gasteiger charge is -2.10. The van der Waals surface area contributed by atoms with Gasteiger partial charge in [-0.15, -0.1) is 0 Å². The van der Waals surface area contributed by atoms with Crippen molar-refractivity contribution in [3.63, 3.8) is 0 Å². The number of sulfonamides is 1. The predicted octanol–water partition coefficient (Wildman–Crippen LogP) is 0.811. The molecule has 1 heterocycles. The molecule has 0 aliphatic carbocycles. The lowest BCUT2D eigenvalue weighted by molar-refractivity contribution is 0.556. The topological polar surface area (TPSA) is 74.0 Å². The second-order valence-electron chi connectivity index (χ2n) is 3.82. The van der Waals surface area contributed by atoms with Gasteiger partial charge in [0.25, 0.3) is 0 Å². The summed E-state index contributed by atoms with van der Waals surface area (Å²) in [6, 6.07) is 1.59. The quantitative estimate of drug-likeness (QED) is 0.694. The van der Waals surface area contributed by atoms with E-state index in [9.17, 15) is 8.42 Å². The van der Waals surface area contributed by atoms with E-state index in [1.165, 1.54) is 6.20 Å². The molecule has 0 aliphatic heterocycles. The van der Waals surface area contributed by atoms with Crippen molar-refractivity contribution in [2.24, 2.45) is 0 Å². The summed E-state index contributed by atoms with van der Waals surface area (Å²) in [4.78, 5) is 3.21. The first-order chi connectivity index (χ1) is 7.49. The minimum Gasteiger partial charge on any atom is -0.363 e. The molecule has 1 atom stereocenters. The van der Waals surface area contributed by atoms with Gasteiger partial charge in [0.05, 0.1) is 4.90 Å². The van der Waals surface area contributed by atoms with Crippen LogP contribution in [-0.4, -0.2) is 26.5 Å². The van der Waals surface area contributed by atoms with Gasteiger partial charge in [0.2, 0.25) is 10.0 Å². The number of nitrogens with one attached hydrogen (secondary N) is 3. The molecule has 0 saturated carbocycles. The van der Waals surface area contributed by atoms with Crippen molar-refractivity contribution in [2.75, 3.05) is 7.05 Å². The van der Waals surface area contributed by atoms with Crippen LogP contribution in [-0.2, 0) is 16.6 Å². The Morgan fingerprint density at radius 3 is 2.75 bits per heavy atom. The standard InChI is InChI=1S/C10H19N3O2S/c1-4-8(2)13-16(14,15)10-5-9(6-11-3)12-7-10/h5,7-8,11-13H,4,6H2,1-3H3. The Morgan fingerprint density at radius 1 is 1.50 bits per heavy atom. The molecule has 0 radical (unpaired) electrons. The van der Waals surface area contributed by atoms with Gasteiger partial charge < -0.3 is 10.3 Å². The van der Waals surface area contributed by atoms with Gasteiger partial charge in [-0.05, 0) is 26.5 Å². The molecule has 6 heteroatoms. The Morgan fingerprint density at radius 2 is 2.19 bits per heavy atom. The first-order valence-electron chi connectivity index (χ1n) is 5.33. The van der Waals surface area contributed by atoms with Crippen LogP contribution in [0, 0.1) is 0 Å². The fourth-order valence-corrected chi connectivity index (χ4v) is 2.63. The van der Waals surface area contributed by atoms with Crippen LogP contribution in [0.5, 0.6) is 0 Å². The third-order valence-electron chi connectivity index (χ3n) is 2.36. The van der Waals surface area contributed by atoms with Crippen LogP contribution < -0.4 is 10.0 Å². The summed E-state index contributed by atoms with van der Waals surface area (Å²) in [6.07, 6.45) is 2.28. The molecule has 92 valence electrons. The Labute approximate surface area is 96.7 Å². The number of H-pyrrole nitrogens is 1. The molecule has 0 bridgehead atoms. The predicted molar refractivity (Wildman–Crippen MR) is 63.6 cm³/mol. The number of hydrogen-bond acceptors (Lipinski definition) is 3.